The second-order valence-electron chi connectivity index (χ2n) is 4.47. The average molecular weight is 308 g/mol. The van der Waals surface area contributed by atoms with E-state index in [9.17, 15) is 14.3 Å². The predicted octanol–water partition coefficient (Wildman–Crippen LogP) is 3.51. The van der Waals surface area contributed by atoms with Crippen LogP contribution in [0.4, 0.5) is 4.39 Å². The molecular formula is C13H16Cl2FNO2. The molecule has 0 amide bonds. The van der Waals surface area contributed by atoms with E-state index in [-0.39, 0.29) is 23.0 Å². The molecule has 0 radical (unpaired) electrons. The van der Waals surface area contributed by atoms with E-state index < -0.39 is 17.8 Å². The van der Waals surface area contributed by atoms with E-state index >= 15 is 0 Å². The van der Waals surface area contributed by atoms with Gasteiger partial charge in [0.1, 0.15) is 11.9 Å². The van der Waals surface area contributed by atoms with Crippen LogP contribution in [0.2, 0.25) is 5.02 Å². The summed E-state index contributed by atoms with van der Waals surface area (Å²) >= 11 is 5.96. The standard InChI is InChI=1S/C13H15ClFNO2.ClH/c14-9-5-4-6-10(15)11(9)12(13(17)18)16-7-2-1-3-8-16;/h4-6,12H,1-3,7-8H2,(H,17,18);1H. The largest absolute Gasteiger partial charge is 0.480 e. The van der Waals surface area contributed by atoms with E-state index in [1.165, 1.54) is 18.2 Å². The summed E-state index contributed by atoms with van der Waals surface area (Å²) in [5.74, 6) is -1.61. The number of carboxylic acids is 1. The molecule has 0 saturated carbocycles. The second kappa shape index (κ2) is 7.08. The highest BCUT2D eigenvalue weighted by molar-refractivity contribution is 6.31. The summed E-state index contributed by atoms with van der Waals surface area (Å²) in [6.45, 7) is 1.34. The molecule has 0 aromatic heterocycles. The number of likely N-dealkylation sites (tertiary alicyclic amines) is 1. The van der Waals surface area contributed by atoms with Crippen LogP contribution in [0.3, 0.4) is 0 Å². The summed E-state index contributed by atoms with van der Waals surface area (Å²) in [5.41, 5.74) is 0.0774. The van der Waals surface area contributed by atoms with Gasteiger partial charge in [-0.05, 0) is 38.1 Å². The summed E-state index contributed by atoms with van der Waals surface area (Å²) < 4.78 is 13.8. The molecule has 19 heavy (non-hydrogen) atoms. The predicted molar refractivity (Wildman–Crippen MR) is 74.5 cm³/mol. The van der Waals surface area contributed by atoms with Gasteiger partial charge in [-0.25, -0.2) is 4.39 Å². The number of carbonyl (C=O) groups is 1. The minimum absolute atomic E-state index is 0. The van der Waals surface area contributed by atoms with Crippen LogP contribution in [0.15, 0.2) is 18.2 Å². The molecule has 106 valence electrons. The van der Waals surface area contributed by atoms with Gasteiger partial charge in [-0.1, -0.05) is 24.1 Å². The highest BCUT2D eigenvalue weighted by atomic mass is 35.5. The summed E-state index contributed by atoms with van der Waals surface area (Å²) in [5, 5.41) is 9.53. The third kappa shape index (κ3) is 3.59. The number of nitrogens with zero attached hydrogens (tertiary/aromatic N) is 1. The molecular weight excluding hydrogens is 292 g/mol. The van der Waals surface area contributed by atoms with Gasteiger partial charge in [-0.2, -0.15) is 0 Å². The summed E-state index contributed by atoms with van der Waals surface area (Å²) in [6, 6.07) is 3.27. The number of benzene rings is 1. The van der Waals surface area contributed by atoms with E-state index in [4.69, 9.17) is 11.6 Å². The highest BCUT2D eigenvalue weighted by Crippen LogP contribution is 2.32. The first kappa shape index (κ1) is 16.2. The molecule has 0 spiro atoms. The van der Waals surface area contributed by atoms with Crippen LogP contribution >= 0.6 is 24.0 Å². The topological polar surface area (TPSA) is 40.5 Å². The van der Waals surface area contributed by atoms with Crippen molar-refractivity contribution in [1.29, 1.82) is 0 Å². The third-order valence-corrected chi connectivity index (χ3v) is 3.59. The second-order valence-corrected chi connectivity index (χ2v) is 4.88. The van der Waals surface area contributed by atoms with Gasteiger partial charge in [0.15, 0.2) is 0 Å². The highest BCUT2D eigenvalue weighted by Gasteiger charge is 2.32. The van der Waals surface area contributed by atoms with Crippen molar-refractivity contribution >= 4 is 30.0 Å². The normalized spacial score (nSPS) is 17.6. The molecule has 1 aliphatic heterocycles. The van der Waals surface area contributed by atoms with Gasteiger partial charge in [0.2, 0.25) is 0 Å². The van der Waals surface area contributed by atoms with Crippen molar-refractivity contribution in [2.24, 2.45) is 0 Å². The number of piperidine rings is 1. The van der Waals surface area contributed by atoms with Crippen LogP contribution in [-0.4, -0.2) is 29.1 Å². The lowest BCUT2D eigenvalue weighted by Crippen LogP contribution is -2.38. The van der Waals surface area contributed by atoms with Gasteiger partial charge < -0.3 is 5.11 Å². The Hall–Kier alpha value is -0.840. The van der Waals surface area contributed by atoms with E-state index in [0.717, 1.165) is 19.3 Å². The summed E-state index contributed by atoms with van der Waals surface area (Å²) in [7, 11) is 0. The molecule has 1 N–H and O–H groups in total. The molecule has 1 unspecified atom stereocenters. The van der Waals surface area contributed by atoms with Crippen LogP contribution in [0.1, 0.15) is 30.9 Å². The van der Waals surface area contributed by atoms with Gasteiger partial charge in [-0.3, -0.25) is 9.69 Å². The van der Waals surface area contributed by atoms with Crippen molar-refractivity contribution < 1.29 is 14.3 Å². The monoisotopic (exact) mass is 307 g/mol. The third-order valence-electron chi connectivity index (χ3n) is 3.26. The average Bonchev–Trinajstić information content (AvgIpc) is 2.34. The number of carboxylic acid groups (broad SMARTS) is 1. The molecule has 1 aromatic carbocycles. The fourth-order valence-electron chi connectivity index (χ4n) is 2.41. The quantitative estimate of drug-likeness (QED) is 0.929. The number of hydrogen-bond donors (Lipinski definition) is 1. The van der Waals surface area contributed by atoms with Gasteiger partial charge in [0, 0.05) is 10.6 Å². The van der Waals surface area contributed by atoms with Gasteiger partial charge in [0.05, 0.1) is 0 Å². The lowest BCUT2D eigenvalue weighted by Gasteiger charge is -2.32. The van der Waals surface area contributed by atoms with Crippen LogP contribution < -0.4 is 0 Å². The van der Waals surface area contributed by atoms with Crippen LogP contribution in [-0.2, 0) is 4.79 Å². The van der Waals surface area contributed by atoms with E-state index in [0.29, 0.717) is 13.1 Å². The molecule has 1 atom stereocenters. The van der Waals surface area contributed by atoms with Crippen LogP contribution in [0.25, 0.3) is 0 Å². The van der Waals surface area contributed by atoms with Gasteiger partial charge in [-0.15, -0.1) is 12.4 Å². The number of aliphatic carboxylic acids is 1. The molecule has 1 fully saturated rings. The lowest BCUT2D eigenvalue weighted by atomic mass is 10.0. The summed E-state index contributed by atoms with van der Waals surface area (Å²) in [6.07, 6.45) is 2.97. The van der Waals surface area contributed by atoms with Crippen molar-refractivity contribution in [2.75, 3.05) is 13.1 Å². The maximum Gasteiger partial charge on any atom is 0.325 e. The Morgan fingerprint density at radius 2 is 1.95 bits per heavy atom. The zero-order valence-corrected chi connectivity index (χ0v) is 11.9. The Balaban J connectivity index is 0.00000180. The molecule has 0 aliphatic carbocycles. The number of halogens is 3. The van der Waals surface area contributed by atoms with Gasteiger partial charge >= 0.3 is 5.97 Å². The molecule has 2 rings (SSSR count). The zero-order valence-electron chi connectivity index (χ0n) is 10.3. The van der Waals surface area contributed by atoms with Gasteiger partial charge in [0.25, 0.3) is 0 Å². The van der Waals surface area contributed by atoms with Crippen molar-refractivity contribution in [3.63, 3.8) is 0 Å². The smallest absolute Gasteiger partial charge is 0.325 e. The molecule has 1 aromatic rings. The number of rotatable bonds is 3. The molecule has 1 saturated heterocycles. The summed E-state index contributed by atoms with van der Waals surface area (Å²) in [4.78, 5) is 13.2. The Bertz CT molecular complexity index is 430. The van der Waals surface area contributed by atoms with Crippen molar-refractivity contribution in [2.45, 2.75) is 25.3 Å². The fraction of sp³-hybridized carbons (Fsp3) is 0.462. The van der Waals surface area contributed by atoms with E-state index in [2.05, 4.69) is 0 Å². The lowest BCUT2D eigenvalue weighted by molar-refractivity contribution is -0.144. The Kier molecular flexibility index (Phi) is 6.04. The SMILES string of the molecule is Cl.O=C(O)C(c1c(F)cccc1Cl)N1CCCCC1. The van der Waals surface area contributed by atoms with Crippen LogP contribution in [0, 0.1) is 5.82 Å². The first-order valence-corrected chi connectivity index (χ1v) is 6.40. The van der Waals surface area contributed by atoms with Crippen molar-refractivity contribution in [1.82, 2.24) is 4.90 Å². The minimum atomic E-state index is -1.05. The molecule has 0 bridgehead atoms. The fourth-order valence-corrected chi connectivity index (χ4v) is 2.68. The maximum atomic E-state index is 13.8. The maximum absolute atomic E-state index is 13.8. The zero-order chi connectivity index (χ0) is 13.1. The molecule has 1 aliphatic rings. The number of hydrogen-bond acceptors (Lipinski definition) is 2. The van der Waals surface area contributed by atoms with Crippen molar-refractivity contribution in [3.05, 3.63) is 34.6 Å². The first-order valence-electron chi connectivity index (χ1n) is 6.02. The Labute approximate surface area is 122 Å². The molecule has 3 nitrogen and oxygen atoms in total. The molecule has 1 heterocycles. The van der Waals surface area contributed by atoms with E-state index in [1.807, 2.05) is 0 Å². The Morgan fingerprint density at radius 3 is 2.47 bits per heavy atom. The molecule has 6 heteroatoms. The van der Waals surface area contributed by atoms with E-state index in [1.54, 1.807) is 4.90 Å². The van der Waals surface area contributed by atoms with Crippen LogP contribution in [0.5, 0.6) is 0 Å². The first-order chi connectivity index (χ1) is 8.61. The minimum Gasteiger partial charge on any atom is -0.480 e. The van der Waals surface area contributed by atoms with Crippen molar-refractivity contribution in [3.8, 4) is 0 Å². The Morgan fingerprint density at radius 1 is 1.32 bits per heavy atom.